The van der Waals surface area contributed by atoms with E-state index in [2.05, 4.69) is 0 Å². The van der Waals surface area contributed by atoms with Crippen molar-refractivity contribution < 1.29 is 9.59 Å². The minimum absolute atomic E-state index is 0. The van der Waals surface area contributed by atoms with Crippen LogP contribution in [0.3, 0.4) is 0 Å². The minimum atomic E-state index is 0. The highest BCUT2D eigenvalue weighted by Gasteiger charge is 2.29. The van der Waals surface area contributed by atoms with Crippen molar-refractivity contribution in [1.29, 1.82) is 0 Å². The predicted octanol–water partition coefficient (Wildman–Crippen LogP) is 2.34. The van der Waals surface area contributed by atoms with E-state index < -0.39 is 0 Å². The van der Waals surface area contributed by atoms with E-state index in [1.54, 1.807) is 0 Å². The molecule has 2 amide bonds. The Morgan fingerprint density at radius 1 is 1.12 bits per heavy atom. The number of nitrogen functional groups attached to an aromatic ring is 1. The van der Waals surface area contributed by atoms with E-state index in [0.717, 1.165) is 31.5 Å². The zero-order valence-corrected chi connectivity index (χ0v) is 15.3. The number of carbonyl (C=O) groups is 2. The second-order valence-electron chi connectivity index (χ2n) is 6.08. The molecule has 1 aromatic rings. The number of carbonyl (C=O) groups excluding carboxylic acids is 2. The van der Waals surface area contributed by atoms with Gasteiger partial charge in [-0.25, -0.2) is 0 Å². The number of nitrogens with zero attached hydrogens (tertiary/aromatic N) is 2. The van der Waals surface area contributed by atoms with Crippen LogP contribution in [-0.2, 0) is 16.0 Å². The summed E-state index contributed by atoms with van der Waals surface area (Å²) in [5.41, 5.74) is 7.34. The summed E-state index contributed by atoms with van der Waals surface area (Å²) in [6, 6.07) is 7.42. The maximum atomic E-state index is 12.4. The number of piperidine rings is 1. The Balaban J connectivity index is 0.00000288. The summed E-state index contributed by atoms with van der Waals surface area (Å²) in [7, 11) is 0. The van der Waals surface area contributed by atoms with Crippen LogP contribution in [-0.4, -0.2) is 47.8 Å². The quantitative estimate of drug-likeness (QED) is 0.826. The fourth-order valence-electron chi connectivity index (χ4n) is 3.09. The van der Waals surface area contributed by atoms with Gasteiger partial charge in [0.25, 0.3) is 0 Å². The zero-order valence-electron chi connectivity index (χ0n) is 14.5. The van der Waals surface area contributed by atoms with Gasteiger partial charge >= 0.3 is 0 Å². The number of anilines is 1. The van der Waals surface area contributed by atoms with Crippen LogP contribution in [0.25, 0.3) is 0 Å². The number of likely N-dealkylation sites (tertiary alicyclic amines) is 1. The van der Waals surface area contributed by atoms with Crippen molar-refractivity contribution in [2.45, 2.75) is 33.1 Å². The molecule has 0 aliphatic carbocycles. The third-order valence-corrected chi connectivity index (χ3v) is 4.61. The fraction of sp³-hybridized carbons (Fsp3) is 0.556. The van der Waals surface area contributed by atoms with Crippen molar-refractivity contribution in [2.75, 3.05) is 31.9 Å². The first kappa shape index (κ1) is 20.3. The molecule has 2 N–H and O–H groups in total. The monoisotopic (exact) mass is 353 g/mol. The Bertz CT molecular complexity index is 536. The second kappa shape index (κ2) is 9.52. The van der Waals surface area contributed by atoms with Crippen molar-refractivity contribution >= 4 is 29.9 Å². The summed E-state index contributed by atoms with van der Waals surface area (Å²) in [5.74, 6) is 0.430. The molecule has 6 heteroatoms. The van der Waals surface area contributed by atoms with Gasteiger partial charge in [0, 0.05) is 37.8 Å². The summed E-state index contributed by atoms with van der Waals surface area (Å²) in [6.45, 7) is 6.87. The van der Waals surface area contributed by atoms with E-state index >= 15 is 0 Å². The molecule has 1 aromatic carbocycles. The molecule has 1 fully saturated rings. The van der Waals surface area contributed by atoms with Gasteiger partial charge in [0.15, 0.2) is 0 Å². The second-order valence-corrected chi connectivity index (χ2v) is 6.08. The van der Waals surface area contributed by atoms with Crippen LogP contribution in [0.1, 0.15) is 32.3 Å². The largest absolute Gasteiger partial charge is 0.399 e. The van der Waals surface area contributed by atoms with Gasteiger partial charge in [-0.05, 0) is 44.4 Å². The Labute approximate surface area is 150 Å². The number of hydrogen-bond donors (Lipinski definition) is 1. The molecule has 0 bridgehead atoms. The maximum Gasteiger partial charge on any atom is 0.226 e. The van der Waals surface area contributed by atoms with E-state index in [9.17, 15) is 9.59 Å². The third kappa shape index (κ3) is 5.13. The number of nitrogens with two attached hydrogens (primary N) is 1. The molecule has 0 radical (unpaired) electrons. The van der Waals surface area contributed by atoms with Crippen LogP contribution in [0.15, 0.2) is 24.3 Å². The van der Waals surface area contributed by atoms with E-state index in [1.165, 1.54) is 0 Å². The summed E-state index contributed by atoms with van der Waals surface area (Å²) in [4.78, 5) is 28.5. The lowest BCUT2D eigenvalue weighted by Gasteiger charge is -2.33. The maximum absolute atomic E-state index is 12.4. The average molecular weight is 354 g/mol. The van der Waals surface area contributed by atoms with Crippen molar-refractivity contribution in [3.63, 3.8) is 0 Å². The standard InChI is InChI=1S/C18H27N3O2.ClH/c1-3-20(4-2)18(23)15-9-11-21(12-10-15)17(22)13-14-5-7-16(19)8-6-14;/h5-8,15H,3-4,9-13,19H2,1-2H3;1H. The van der Waals surface area contributed by atoms with Gasteiger partial charge in [-0.15, -0.1) is 12.4 Å². The molecular formula is C18H28ClN3O2. The van der Waals surface area contributed by atoms with Crippen LogP contribution in [0.5, 0.6) is 0 Å². The Hall–Kier alpha value is -1.75. The molecule has 0 unspecified atom stereocenters. The van der Waals surface area contributed by atoms with Crippen LogP contribution in [0, 0.1) is 5.92 Å². The Kier molecular flexibility index (Phi) is 8.05. The van der Waals surface area contributed by atoms with Crippen LogP contribution < -0.4 is 5.73 Å². The number of rotatable bonds is 5. The molecule has 24 heavy (non-hydrogen) atoms. The number of amides is 2. The van der Waals surface area contributed by atoms with Gasteiger partial charge in [0.05, 0.1) is 6.42 Å². The molecule has 0 saturated carbocycles. The Morgan fingerprint density at radius 2 is 1.67 bits per heavy atom. The molecule has 0 atom stereocenters. The highest BCUT2D eigenvalue weighted by Crippen LogP contribution is 2.20. The first-order valence-electron chi connectivity index (χ1n) is 8.46. The van der Waals surface area contributed by atoms with Crippen LogP contribution >= 0.6 is 12.4 Å². The van der Waals surface area contributed by atoms with Gasteiger partial charge in [-0.3, -0.25) is 9.59 Å². The van der Waals surface area contributed by atoms with Crippen LogP contribution in [0.4, 0.5) is 5.69 Å². The molecule has 1 aliphatic rings. The summed E-state index contributed by atoms with van der Waals surface area (Å²) in [5, 5.41) is 0. The predicted molar refractivity (Wildman–Crippen MR) is 99.0 cm³/mol. The molecule has 0 spiro atoms. The van der Waals surface area contributed by atoms with Crippen molar-refractivity contribution in [2.24, 2.45) is 5.92 Å². The van der Waals surface area contributed by atoms with Gasteiger partial charge in [0.2, 0.25) is 11.8 Å². The van der Waals surface area contributed by atoms with Crippen molar-refractivity contribution in [3.05, 3.63) is 29.8 Å². The molecular weight excluding hydrogens is 326 g/mol. The summed E-state index contributed by atoms with van der Waals surface area (Å²) >= 11 is 0. The minimum Gasteiger partial charge on any atom is -0.399 e. The van der Waals surface area contributed by atoms with E-state index in [0.29, 0.717) is 25.2 Å². The van der Waals surface area contributed by atoms with Crippen LogP contribution in [0.2, 0.25) is 0 Å². The summed E-state index contributed by atoms with van der Waals surface area (Å²) in [6.07, 6.45) is 1.93. The average Bonchev–Trinajstić information content (AvgIpc) is 2.58. The molecule has 1 aliphatic heterocycles. The van der Waals surface area contributed by atoms with E-state index in [4.69, 9.17) is 5.73 Å². The first-order valence-corrected chi connectivity index (χ1v) is 8.46. The van der Waals surface area contributed by atoms with Gasteiger partial charge < -0.3 is 15.5 Å². The van der Waals surface area contributed by atoms with E-state index in [-0.39, 0.29) is 30.1 Å². The van der Waals surface area contributed by atoms with Gasteiger partial charge in [-0.1, -0.05) is 12.1 Å². The highest BCUT2D eigenvalue weighted by molar-refractivity contribution is 5.85. The summed E-state index contributed by atoms with van der Waals surface area (Å²) < 4.78 is 0. The zero-order chi connectivity index (χ0) is 16.8. The normalized spacial score (nSPS) is 14.8. The Morgan fingerprint density at radius 3 is 2.17 bits per heavy atom. The molecule has 5 nitrogen and oxygen atoms in total. The molecule has 1 heterocycles. The SMILES string of the molecule is CCN(CC)C(=O)C1CCN(C(=O)Cc2ccc(N)cc2)CC1.Cl. The topological polar surface area (TPSA) is 66.6 Å². The fourth-order valence-corrected chi connectivity index (χ4v) is 3.09. The smallest absolute Gasteiger partial charge is 0.226 e. The number of halogens is 1. The first-order chi connectivity index (χ1) is 11.0. The molecule has 2 rings (SSSR count). The highest BCUT2D eigenvalue weighted by atomic mass is 35.5. The van der Waals surface area contributed by atoms with Crippen molar-refractivity contribution in [3.8, 4) is 0 Å². The third-order valence-electron chi connectivity index (χ3n) is 4.61. The lowest BCUT2D eigenvalue weighted by atomic mass is 9.94. The van der Waals surface area contributed by atoms with Gasteiger partial charge in [0.1, 0.15) is 0 Å². The number of benzene rings is 1. The van der Waals surface area contributed by atoms with Crippen molar-refractivity contribution in [1.82, 2.24) is 9.80 Å². The lowest BCUT2D eigenvalue weighted by molar-refractivity contribution is -0.140. The van der Waals surface area contributed by atoms with E-state index in [1.807, 2.05) is 47.9 Å². The lowest BCUT2D eigenvalue weighted by Crippen LogP contribution is -2.44. The molecule has 1 saturated heterocycles. The molecule has 134 valence electrons. The number of hydrogen-bond acceptors (Lipinski definition) is 3. The van der Waals surface area contributed by atoms with Gasteiger partial charge in [-0.2, -0.15) is 0 Å². The molecule has 0 aromatic heterocycles.